The van der Waals surface area contributed by atoms with Crippen LogP contribution in [0.3, 0.4) is 0 Å². The van der Waals surface area contributed by atoms with Crippen molar-refractivity contribution in [2.45, 2.75) is 12.5 Å². The van der Waals surface area contributed by atoms with E-state index >= 15 is 0 Å². The molecule has 1 aromatic rings. The molecule has 0 saturated heterocycles. The van der Waals surface area contributed by atoms with Crippen LogP contribution >= 0.6 is 0 Å². The van der Waals surface area contributed by atoms with E-state index in [-0.39, 0.29) is 18.0 Å². The summed E-state index contributed by atoms with van der Waals surface area (Å²) in [5.41, 5.74) is 1.91. The van der Waals surface area contributed by atoms with Crippen LogP contribution < -0.4 is 0 Å². The Kier molecular flexibility index (Phi) is 2.12. The molecule has 86 valence electrons. The lowest BCUT2D eigenvalue weighted by atomic mass is 9.81. The predicted molar refractivity (Wildman–Crippen MR) is 62.3 cm³/mol. The molecule has 4 nitrogen and oxygen atoms in total. The van der Waals surface area contributed by atoms with Gasteiger partial charge in [0.1, 0.15) is 5.76 Å². The summed E-state index contributed by atoms with van der Waals surface area (Å²) in [5.74, 6) is -0.839. The summed E-state index contributed by atoms with van der Waals surface area (Å²) in [7, 11) is 0. The van der Waals surface area contributed by atoms with E-state index in [2.05, 4.69) is 4.99 Å². The second kappa shape index (κ2) is 3.53. The highest BCUT2D eigenvalue weighted by Gasteiger charge is 2.37. The fraction of sp³-hybridized carbons (Fsp3) is 0.231. The molecular weight excluding hydrogens is 218 g/mol. The van der Waals surface area contributed by atoms with Crippen LogP contribution in [-0.4, -0.2) is 21.7 Å². The normalized spacial score (nSPS) is 26.8. The van der Waals surface area contributed by atoms with Crippen LogP contribution in [0.4, 0.5) is 5.69 Å². The lowest BCUT2D eigenvalue weighted by Gasteiger charge is -2.31. The van der Waals surface area contributed by atoms with Gasteiger partial charge in [-0.3, -0.25) is 9.79 Å². The van der Waals surface area contributed by atoms with Crippen molar-refractivity contribution in [3.63, 3.8) is 0 Å². The number of aliphatic hydroxyl groups is 2. The van der Waals surface area contributed by atoms with E-state index in [4.69, 9.17) is 0 Å². The van der Waals surface area contributed by atoms with Gasteiger partial charge in [-0.15, -0.1) is 0 Å². The molecule has 0 spiro atoms. The van der Waals surface area contributed by atoms with Crippen LogP contribution in [-0.2, 0) is 4.79 Å². The minimum atomic E-state index is -0.831. The van der Waals surface area contributed by atoms with Crippen molar-refractivity contribution in [1.82, 2.24) is 0 Å². The molecule has 3 rings (SSSR count). The largest absolute Gasteiger partial charge is 0.511 e. The van der Waals surface area contributed by atoms with E-state index in [0.717, 1.165) is 0 Å². The lowest BCUT2D eigenvalue weighted by molar-refractivity contribution is -0.114. The minimum Gasteiger partial charge on any atom is -0.511 e. The third-order valence-electron chi connectivity index (χ3n) is 3.18. The van der Waals surface area contributed by atoms with Gasteiger partial charge in [0, 0.05) is 23.8 Å². The number of nitrogens with zero attached hydrogens (tertiary/aromatic N) is 1. The fourth-order valence-corrected chi connectivity index (χ4v) is 2.39. The molecule has 2 aliphatic rings. The van der Waals surface area contributed by atoms with Gasteiger partial charge in [0.05, 0.1) is 17.7 Å². The summed E-state index contributed by atoms with van der Waals surface area (Å²) in [6.07, 6.45) is 0.518. The van der Waals surface area contributed by atoms with Crippen LogP contribution in [0.15, 0.2) is 41.1 Å². The smallest absolute Gasteiger partial charge is 0.164 e. The highest BCUT2D eigenvalue weighted by atomic mass is 16.3. The summed E-state index contributed by atoms with van der Waals surface area (Å²) >= 11 is 0. The Bertz CT molecular complexity index is 560. The van der Waals surface area contributed by atoms with E-state index in [1.807, 2.05) is 12.1 Å². The van der Waals surface area contributed by atoms with Crippen molar-refractivity contribution in [1.29, 1.82) is 0 Å². The molecule has 0 bridgehead atoms. The topological polar surface area (TPSA) is 69.9 Å². The Morgan fingerprint density at radius 1 is 1.29 bits per heavy atom. The molecule has 0 fully saturated rings. The first kappa shape index (κ1) is 10.2. The van der Waals surface area contributed by atoms with Crippen molar-refractivity contribution in [3.05, 3.63) is 41.7 Å². The minimum absolute atomic E-state index is 0.0954. The summed E-state index contributed by atoms with van der Waals surface area (Å²) < 4.78 is 0. The second-order valence-corrected chi connectivity index (χ2v) is 4.30. The maximum atomic E-state index is 11.3. The Hall–Kier alpha value is -1.94. The summed E-state index contributed by atoms with van der Waals surface area (Å²) in [4.78, 5) is 15.7. The number of fused-ring (bicyclic) bond motifs is 2. The van der Waals surface area contributed by atoms with Crippen LogP contribution in [0.2, 0.25) is 0 Å². The van der Waals surface area contributed by atoms with Gasteiger partial charge in [0.25, 0.3) is 0 Å². The molecule has 2 N–H and O–H groups in total. The number of benzene rings is 1. The zero-order chi connectivity index (χ0) is 12.0. The van der Waals surface area contributed by atoms with E-state index in [1.165, 1.54) is 6.08 Å². The quantitative estimate of drug-likeness (QED) is 0.713. The highest BCUT2D eigenvalue weighted by molar-refractivity contribution is 6.12. The first-order valence-electron chi connectivity index (χ1n) is 5.44. The molecule has 0 saturated carbocycles. The van der Waals surface area contributed by atoms with Gasteiger partial charge in [0.2, 0.25) is 0 Å². The number of aliphatic imine (C=N–C) groups is 1. The zero-order valence-electron chi connectivity index (χ0n) is 9.00. The number of allylic oxidation sites excluding steroid dienone is 1. The molecular formula is C13H11NO3. The van der Waals surface area contributed by atoms with E-state index in [9.17, 15) is 15.0 Å². The molecule has 1 aromatic carbocycles. The molecule has 17 heavy (non-hydrogen) atoms. The van der Waals surface area contributed by atoms with E-state index in [1.54, 1.807) is 12.1 Å². The predicted octanol–water partition coefficient (Wildman–Crippen LogP) is 1.84. The third-order valence-corrected chi connectivity index (χ3v) is 3.18. The van der Waals surface area contributed by atoms with Gasteiger partial charge in [-0.2, -0.15) is 0 Å². The monoisotopic (exact) mass is 229 g/mol. The number of ketones is 1. The number of carbonyl (C=O) groups is 1. The zero-order valence-corrected chi connectivity index (χ0v) is 9.00. The van der Waals surface area contributed by atoms with Crippen molar-refractivity contribution in [2.24, 2.45) is 10.9 Å². The summed E-state index contributed by atoms with van der Waals surface area (Å²) in [6, 6.07) is 7.22. The number of rotatable bonds is 0. The molecule has 0 radical (unpaired) electrons. The van der Waals surface area contributed by atoms with Gasteiger partial charge < -0.3 is 10.2 Å². The third kappa shape index (κ3) is 1.49. The van der Waals surface area contributed by atoms with Crippen LogP contribution in [0, 0.1) is 5.92 Å². The summed E-state index contributed by atoms with van der Waals surface area (Å²) in [6.45, 7) is 0. The van der Waals surface area contributed by atoms with E-state index in [0.29, 0.717) is 17.0 Å². The molecule has 1 aliphatic carbocycles. The molecule has 2 unspecified atom stereocenters. The van der Waals surface area contributed by atoms with E-state index < -0.39 is 12.0 Å². The number of hydrogen-bond acceptors (Lipinski definition) is 4. The second-order valence-electron chi connectivity index (χ2n) is 4.30. The van der Waals surface area contributed by atoms with Crippen LogP contribution in [0.5, 0.6) is 0 Å². The van der Waals surface area contributed by atoms with Crippen molar-refractivity contribution in [2.75, 3.05) is 0 Å². The van der Waals surface area contributed by atoms with Gasteiger partial charge in [-0.1, -0.05) is 18.2 Å². The molecule has 1 heterocycles. The maximum absolute atomic E-state index is 11.3. The summed E-state index contributed by atoms with van der Waals surface area (Å²) in [5, 5.41) is 20.0. The average Bonchev–Trinajstić information content (AvgIpc) is 2.28. The van der Waals surface area contributed by atoms with Gasteiger partial charge in [0.15, 0.2) is 5.78 Å². The van der Waals surface area contributed by atoms with Gasteiger partial charge in [-0.05, 0) is 6.07 Å². The standard InChI is InChI=1S/C13H11NO3/c15-7-5-10-12(11(16)6-7)13(17)8-3-1-2-4-9(8)14-10/h1-4,6,12-13,16-17H,5H2. The first-order valence-corrected chi connectivity index (χ1v) is 5.44. The molecule has 0 amide bonds. The Balaban J connectivity index is 2.17. The Morgan fingerprint density at radius 2 is 2.06 bits per heavy atom. The first-order chi connectivity index (χ1) is 8.16. The molecule has 1 aliphatic heterocycles. The Labute approximate surface area is 97.9 Å². The van der Waals surface area contributed by atoms with Crippen LogP contribution in [0.25, 0.3) is 0 Å². The Morgan fingerprint density at radius 3 is 2.88 bits per heavy atom. The van der Waals surface area contributed by atoms with Gasteiger partial charge in [-0.25, -0.2) is 0 Å². The van der Waals surface area contributed by atoms with Gasteiger partial charge >= 0.3 is 0 Å². The average molecular weight is 229 g/mol. The van der Waals surface area contributed by atoms with Crippen LogP contribution in [0.1, 0.15) is 18.1 Å². The molecule has 4 heteroatoms. The van der Waals surface area contributed by atoms with Crippen molar-refractivity contribution in [3.8, 4) is 0 Å². The molecule has 0 aromatic heterocycles. The number of aliphatic hydroxyl groups excluding tert-OH is 2. The lowest BCUT2D eigenvalue weighted by Crippen LogP contribution is -2.32. The molecule has 2 atom stereocenters. The van der Waals surface area contributed by atoms with Crippen molar-refractivity contribution < 1.29 is 15.0 Å². The fourth-order valence-electron chi connectivity index (χ4n) is 2.39. The van der Waals surface area contributed by atoms with Crippen molar-refractivity contribution >= 4 is 17.2 Å². The maximum Gasteiger partial charge on any atom is 0.164 e. The highest BCUT2D eigenvalue weighted by Crippen LogP contribution is 2.41. The number of hydrogen-bond donors (Lipinski definition) is 2. The number of carbonyl (C=O) groups excluding carboxylic acids is 1. The SMILES string of the molecule is O=C1C=C(O)C2C(=Nc3ccccc3C2O)C1. The number of para-hydroxylation sites is 1.